The zero-order valence-corrected chi connectivity index (χ0v) is 6.87. The summed E-state index contributed by atoms with van der Waals surface area (Å²) < 4.78 is 4.53. The lowest BCUT2D eigenvalue weighted by Gasteiger charge is -2.19. The second-order valence-electron chi connectivity index (χ2n) is 3.40. The summed E-state index contributed by atoms with van der Waals surface area (Å²) in [6, 6.07) is 0. The van der Waals surface area contributed by atoms with Gasteiger partial charge in [-0.3, -0.25) is 4.79 Å². The van der Waals surface area contributed by atoms with Crippen LogP contribution < -0.4 is 0 Å². The van der Waals surface area contributed by atoms with Crippen molar-refractivity contribution in [2.24, 2.45) is 11.8 Å². The number of hydrogen-bond acceptors (Lipinski definition) is 3. The maximum Gasteiger partial charge on any atom is 0.342 e. The van der Waals surface area contributed by atoms with Crippen LogP contribution in [0.5, 0.6) is 0 Å². The highest BCUT2D eigenvalue weighted by Gasteiger charge is 2.43. The second kappa shape index (κ2) is 2.44. The van der Waals surface area contributed by atoms with Crippen LogP contribution >= 0.6 is 0 Å². The van der Waals surface area contributed by atoms with Gasteiger partial charge in [0.25, 0.3) is 0 Å². The molecule has 1 heterocycles. The molecule has 3 nitrogen and oxygen atoms in total. The maximum atomic E-state index is 11.1. The third kappa shape index (κ3) is 0.891. The maximum absolute atomic E-state index is 11.1. The van der Waals surface area contributed by atoms with Crippen molar-refractivity contribution in [2.75, 3.05) is 0 Å². The van der Waals surface area contributed by atoms with E-state index in [4.69, 9.17) is 0 Å². The standard InChI is InChI=1S/C9H10O3/c1-5-3-2-4-6-7(5)9(11)12-8(6)10/h4-5,7H,2-3H2,1H3/t5-,7-/m0/s1. The van der Waals surface area contributed by atoms with Crippen LogP contribution in [0.2, 0.25) is 0 Å². The number of carbonyl (C=O) groups is 2. The second-order valence-corrected chi connectivity index (χ2v) is 3.40. The number of carbonyl (C=O) groups excluding carboxylic acids is 2. The average molecular weight is 166 g/mol. The van der Waals surface area contributed by atoms with Crippen LogP contribution in [-0.4, -0.2) is 11.9 Å². The quantitative estimate of drug-likeness (QED) is 0.399. The minimum atomic E-state index is -0.434. The fraction of sp³-hybridized carbons (Fsp3) is 0.556. The fourth-order valence-electron chi connectivity index (χ4n) is 1.89. The van der Waals surface area contributed by atoms with Crippen molar-refractivity contribution < 1.29 is 14.3 Å². The van der Waals surface area contributed by atoms with Crippen molar-refractivity contribution >= 4 is 11.9 Å². The molecule has 0 spiro atoms. The Hall–Kier alpha value is -1.12. The molecule has 0 radical (unpaired) electrons. The van der Waals surface area contributed by atoms with Gasteiger partial charge in [0.1, 0.15) is 0 Å². The Balaban J connectivity index is 2.39. The number of hydrogen-bond donors (Lipinski definition) is 0. The molecule has 0 amide bonds. The van der Waals surface area contributed by atoms with E-state index in [0.717, 1.165) is 12.8 Å². The highest BCUT2D eigenvalue weighted by atomic mass is 16.6. The zero-order chi connectivity index (χ0) is 8.72. The Bertz CT molecular complexity index is 277. The van der Waals surface area contributed by atoms with Crippen LogP contribution in [0, 0.1) is 11.8 Å². The Morgan fingerprint density at radius 2 is 2.25 bits per heavy atom. The molecule has 0 bridgehead atoms. The molecule has 1 aliphatic carbocycles. The lowest BCUT2D eigenvalue weighted by atomic mass is 9.81. The summed E-state index contributed by atoms with van der Waals surface area (Å²) in [5, 5.41) is 0. The largest absolute Gasteiger partial charge is 0.389 e. The molecule has 2 atom stereocenters. The molecule has 0 N–H and O–H groups in total. The molecule has 2 rings (SSSR count). The van der Waals surface area contributed by atoms with Crippen LogP contribution in [0.15, 0.2) is 11.6 Å². The van der Waals surface area contributed by atoms with Crippen LogP contribution in [-0.2, 0) is 14.3 Å². The van der Waals surface area contributed by atoms with E-state index in [9.17, 15) is 9.59 Å². The van der Waals surface area contributed by atoms with Gasteiger partial charge in [0.2, 0.25) is 0 Å². The van der Waals surface area contributed by atoms with Gasteiger partial charge < -0.3 is 4.74 Å². The summed E-state index contributed by atoms with van der Waals surface area (Å²) in [6.45, 7) is 1.98. The Kier molecular flexibility index (Phi) is 1.53. The van der Waals surface area contributed by atoms with E-state index in [-0.39, 0.29) is 17.8 Å². The number of fused-ring (bicyclic) bond motifs is 1. The fourth-order valence-corrected chi connectivity index (χ4v) is 1.89. The first-order chi connectivity index (χ1) is 5.70. The van der Waals surface area contributed by atoms with Crippen molar-refractivity contribution in [1.82, 2.24) is 0 Å². The topological polar surface area (TPSA) is 43.4 Å². The van der Waals surface area contributed by atoms with Gasteiger partial charge in [-0.05, 0) is 18.8 Å². The van der Waals surface area contributed by atoms with Crippen LogP contribution in [0.4, 0.5) is 0 Å². The molecule has 0 aromatic heterocycles. The molecular weight excluding hydrogens is 156 g/mol. The van der Waals surface area contributed by atoms with Crippen molar-refractivity contribution in [2.45, 2.75) is 19.8 Å². The molecule has 0 aromatic carbocycles. The summed E-state index contributed by atoms with van der Waals surface area (Å²) in [4.78, 5) is 22.2. The Morgan fingerprint density at radius 3 is 2.92 bits per heavy atom. The number of cyclic esters (lactones) is 2. The summed E-state index contributed by atoms with van der Waals surface area (Å²) in [6.07, 6.45) is 3.68. The summed E-state index contributed by atoms with van der Waals surface area (Å²) in [7, 11) is 0. The lowest BCUT2D eigenvalue weighted by Crippen LogP contribution is -2.21. The minimum absolute atomic E-state index is 0.254. The molecule has 1 fully saturated rings. The van der Waals surface area contributed by atoms with Gasteiger partial charge in [0.15, 0.2) is 0 Å². The van der Waals surface area contributed by atoms with E-state index in [1.54, 1.807) is 0 Å². The molecule has 2 aliphatic rings. The van der Waals surface area contributed by atoms with Crippen LogP contribution in [0.25, 0.3) is 0 Å². The van der Waals surface area contributed by atoms with Gasteiger partial charge in [0, 0.05) is 5.57 Å². The number of allylic oxidation sites excluding steroid dienone is 1. The number of rotatable bonds is 0. The third-order valence-electron chi connectivity index (χ3n) is 2.57. The molecule has 1 saturated heterocycles. The van der Waals surface area contributed by atoms with Gasteiger partial charge in [0.05, 0.1) is 5.92 Å². The third-order valence-corrected chi connectivity index (χ3v) is 2.57. The van der Waals surface area contributed by atoms with Gasteiger partial charge in [-0.2, -0.15) is 0 Å². The van der Waals surface area contributed by atoms with Crippen molar-refractivity contribution in [1.29, 1.82) is 0 Å². The predicted molar refractivity (Wildman–Crippen MR) is 41.1 cm³/mol. The Morgan fingerprint density at radius 1 is 1.50 bits per heavy atom. The van der Waals surface area contributed by atoms with E-state index in [0.29, 0.717) is 5.57 Å². The molecule has 0 unspecified atom stereocenters. The Labute approximate surface area is 70.4 Å². The zero-order valence-electron chi connectivity index (χ0n) is 6.87. The molecule has 1 aliphatic heterocycles. The van der Waals surface area contributed by atoms with Gasteiger partial charge in [-0.25, -0.2) is 4.79 Å². The summed E-state index contributed by atoms with van der Waals surface area (Å²) >= 11 is 0. The summed E-state index contributed by atoms with van der Waals surface area (Å²) in [5.74, 6) is -0.815. The highest BCUT2D eigenvalue weighted by molar-refractivity contribution is 6.07. The van der Waals surface area contributed by atoms with Crippen molar-refractivity contribution in [3.05, 3.63) is 11.6 Å². The number of esters is 2. The smallest absolute Gasteiger partial charge is 0.342 e. The molecule has 12 heavy (non-hydrogen) atoms. The minimum Gasteiger partial charge on any atom is -0.389 e. The summed E-state index contributed by atoms with van der Waals surface area (Å²) in [5.41, 5.74) is 0.582. The van der Waals surface area contributed by atoms with Crippen LogP contribution in [0.1, 0.15) is 19.8 Å². The van der Waals surface area contributed by atoms with Gasteiger partial charge >= 0.3 is 11.9 Å². The lowest BCUT2D eigenvalue weighted by molar-refractivity contribution is -0.153. The van der Waals surface area contributed by atoms with Crippen LogP contribution in [0.3, 0.4) is 0 Å². The van der Waals surface area contributed by atoms with Crippen molar-refractivity contribution in [3.63, 3.8) is 0 Å². The van der Waals surface area contributed by atoms with E-state index >= 15 is 0 Å². The van der Waals surface area contributed by atoms with Gasteiger partial charge in [-0.15, -0.1) is 0 Å². The SMILES string of the molecule is C[C@H]1CCC=C2C(=O)OC(=O)[C@H]21. The van der Waals surface area contributed by atoms with E-state index in [1.165, 1.54) is 0 Å². The van der Waals surface area contributed by atoms with E-state index < -0.39 is 5.97 Å². The molecule has 0 aromatic rings. The molecule has 3 heteroatoms. The molecule has 0 saturated carbocycles. The van der Waals surface area contributed by atoms with Gasteiger partial charge in [-0.1, -0.05) is 13.0 Å². The number of ether oxygens (including phenoxy) is 1. The van der Waals surface area contributed by atoms with Crippen molar-refractivity contribution in [3.8, 4) is 0 Å². The first-order valence-corrected chi connectivity index (χ1v) is 4.16. The normalized spacial score (nSPS) is 34.2. The monoisotopic (exact) mass is 166 g/mol. The highest BCUT2D eigenvalue weighted by Crippen LogP contribution is 2.36. The average Bonchev–Trinajstić information content (AvgIpc) is 2.29. The van der Waals surface area contributed by atoms with E-state index in [2.05, 4.69) is 4.74 Å². The molecule has 64 valence electrons. The first-order valence-electron chi connectivity index (χ1n) is 4.16. The predicted octanol–water partition coefficient (Wildman–Crippen LogP) is 1.04. The first kappa shape index (κ1) is 7.53. The molecular formula is C9H10O3. The van der Waals surface area contributed by atoms with E-state index in [1.807, 2.05) is 13.0 Å².